The van der Waals surface area contributed by atoms with Crippen molar-refractivity contribution in [1.82, 2.24) is 29.7 Å². The second kappa shape index (κ2) is 10.4. The fraction of sp³-hybridized carbons (Fsp3) is 0.417. The fourth-order valence-electron chi connectivity index (χ4n) is 4.03. The molecular formula is C24H30N6O3. The van der Waals surface area contributed by atoms with Crippen LogP contribution in [0, 0.1) is 6.92 Å². The molecule has 0 bridgehead atoms. The number of rotatable bonds is 7. The quantitative estimate of drug-likeness (QED) is 0.556. The lowest BCUT2D eigenvalue weighted by molar-refractivity contribution is -0.142. The molecule has 1 saturated heterocycles. The number of amides is 2. The molecule has 0 radical (unpaired) electrons. The predicted octanol–water partition coefficient (Wildman–Crippen LogP) is 2.51. The monoisotopic (exact) mass is 450 g/mol. The number of esters is 1. The van der Waals surface area contributed by atoms with E-state index in [0.717, 1.165) is 35.8 Å². The zero-order valence-corrected chi connectivity index (χ0v) is 19.2. The van der Waals surface area contributed by atoms with Gasteiger partial charge in [0.05, 0.1) is 19.6 Å². The van der Waals surface area contributed by atoms with E-state index < -0.39 is 0 Å². The summed E-state index contributed by atoms with van der Waals surface area (Å²) in [7, 11) is 0. The van der Waals surface area contributed by atoms with Crippen molar-refractivity contribution in [3.05, 3.63) is 54.0 Å². The number of hydrogen-bond donors (Lipinski definition) is 1. The fourth-order valence-corrected chi connectivity index (χ4v) is 4.03. The highest BCUT2D eigenvalue weighted by Gasteiger charge is 2.23. The first-order valence-electron chi connectivity index (χ1n) is 11.4. The van der Waals surface area contributed by atoms with Crippen molar-refractivity contribution in [3.63, 3.8) is 0 Å². The van der Waals surface area contributed by atoms with Gasteiger partial charge < -0.3 is 15.0 Å². The summed E-state index contributed by atoms with van der Waals surface area (Å²) in [6.07, 6.45) is 1.97. The lowest BCUT2D eigenvalue weighted by Gasteiger charge is -2.34. The second-order valence-corrected chi connectivity index (χ2v) is 8.10. The van der Waals surface area contributed by atoms with Crippen LogP contribution in [0.15, 0.2) is 42.6 Å². The maximum atomic E-state index is 12.4. The number of nitrogens with one attached hydrogen (secondary N) is 1. The first-order chi connectivity index (χ1) is 16.0. The van der Waals surface area contributed by atoms with E-state index >= 15 is 0 Å². The van der Waals surface area contributed by atoms with E-state index in [1.807, 2.05) is 18.2 Å². The number of ether oxygens (including phenoxy) is 1. The molecule has 1 fully saturated rings. The van der Waals surface area contributed by atoms with Gasteiger partial charge in [0.25, 0.3) is 0 Å². The molecule has 0 unspecified atom stereocenters. The van der Waals surface area contributed by atoms with Crippen molar-refractivity contribution >= 4 is 23.2 Å². The largest absolute Gasteiger partial charge is 0.466 e. The Morgan fingerprint density at radius 2 is 1.94 bits per heavy atom. The molecular weight excluding hydrogens is 420 g/mol. The van der Waals surface area contributed by atoms with Crippen molar-refractivity contribution in [3.8, 4) is 5.69 Å². The van der Waals surface area contributed by atoms with Gasteiger partial charge in [0.15, 0.2) is 5.65 Å². The Balaban J connectivity index is 1.39. The molecule has 2 aromatic heterocycles. The number of urea groups is 1. The van der Waals surface area contributed by atoms with Gasteiger partial charge in [0.1, 0.15) is 11.3 Å². The van der Waals surface area contributed by atoms with E-state index in [9.17, 15) is 9.59 Å². The number of fused-ring (bicyclic) bond motifs is 1. The van der Waals surface area contributed by atoms with Crippen LogP contribution in [0.25, 0.3) is 16.9 Å². The number of benzene rings is 1. The molecule has 0 saturated carbocycles. The molecule has 174 valence electrons. The van der Waals surface area contributed by atoms with Gasteiger partial charge in [0, 0.05) is 44.6 Å². The van der Waals surface area contributed by atoms with Crippen LogP contribution in [0.5, 0.6) is 0 Å². The molecule has 9 heteroatoms. The highest BCUT2D eigenvalue weighted by molar-refractivity contribution is 5.76. The number of pyridine rings is 1. The van der Waals surface area contributed by atoms with E-state index in [0.29, 0.717) is 26.2 Å². The SMILES string of the molecule is CCOC(=O)CCNC(=O)N1CCN(Cc2nc3cccnc3n2-c2cccc(C)c2)CC1. The Morgan fingerprint density at radius 3 is 2.70 bits per heavy atom. The van der Waals surface area contributed by atoms with Crippen LogP contribution in [-0.4, -0.2) is 75.7 Å². The minimum Gasteiger partial charge on any atom is -0.466 e. The molecule has 0 aliphatic carbocycles. The van der Waals surface area contributed by atoms with Gasteiger partial charge in [-0.05, 0) is 43.7 Å². The van der Waals surface area contributed by atoms with Gasteiger partial charge in [-0.2, -0.15) is 0 Å². The van der Waals surface area contributed by atoms with Gasteiger partial charge in [-0.1, -0.05) is 12.1 Å². The van der Waals surface area contributed by atoms with Crippen molar-refractivity contribution in [2.24, 2.45) is 0 Å². The van der Waals surface area contributed by atoms with E-state index in [1.165, 1.54) is 5.56 Å². The molecule has 9 nitrogen and oxygen atoms in total. The first-order valence-corrected chi connectivity index (χ1v) is 11.4. The number of aryl methyl sites for hydroxylation is 1. The van der Waals surface area contributed by atoms with E-state index in [-0.39, 0.29) is 25.0 Å². The summed E-state index contributed by atoms with van der Waals surface area (Å²) >= 11 is 0. The summed E-state index contributed by atoms with van der Waals surface area (Å²) in [5.74, 6) is 0.634. The van der Waals surface area contributed by atoms with Gasteiger partial charge in [-0.15, -0.1) is 0 Å². The molecule has 0 atom stereocenters. The lowest BCUT2D eigenvalue weighted by Crippen LogP contribution is -2.51. The number of nitrogens with zero attached hydrogens (tertiary/aromatic N) is 5. The molecule has 1 aliphatic heterocycles. The normalized spacial score (nSPS) is 14.4. The van der Waals surface area contributed by atoms with Crippen molar-refractivity contribution in [2.75, 3.05) is 39.3 Å². The van der Waals surface area contributed by atoms with Crippen molar-refractivity contribution in [1.29, 1.82) is 0 Å². The Labute approximate surface area is 193 Å². The number of piperazine rings is 1. The molecule has 2 amide bonds. The third kappa shape index (κ3) is 5.48. The summed E-state index contributed by atoms with van der Waals surface area (Å²) in [5, 5.41) is 2.80. The molecule has 0 spiro atoms. The standard InChI is InChI=1S/C24H30N6O3/c1-3-33-22(31)9-11-26-24(32)29-14-12-28(13-15-29)17-21-27-20-8-5-10-25-23(20)30(21)19-7-4-6-18(2)16-19/h4-8,10,16H,3,9,11-15,17H2,1-2H3,(H,26,32). The Bertz CT molecular complexity index is 1120. The maximum Gasteiger partial charge on any atom is 0.317 e. The minimum absolute atomic E-state index is 0.143. The summed E-state index contributed by atoms with van der Waals surface area (Å²) in [6.45, 7) is 7.87. The van der Waals surface area contributed by atoms with Crippen molar-refractivity contribution in [2.45, 2.75) is 26.8 Å². The van der Waals surface area contributed by atoms with Crippen LogP contribution in [-0.2, 0) is 16.1 Å². The van der Waals surface area contributed by atoms with Crippen LogP contribution in [0.3, 0.4) is 0 Å². The van der Waals surface area contributed by atoms with Gasteiger partial charge in [-0.25, -0.2) is 14.8 Å². The maximum absolute atomic E-state index is 12.4. The predicted molar refractivity (Wildman–Crippen MR) is 125 cm³/mol. The van der Waals surface area contributed by atoms with Crippen LogP contribution in [0.2, 0.25) is 0 Å². The number of hydrogen-bond acceptors (Lipinski definition) is 6. The average molecular weight is 451 g/mol. The molecule has 1 aromatic carbocycles. The van der Waals surface area contributed by atoms with Crippen LogP contribution >= 0.6 is 0 Å². The van der Waals surface area contributed by atoms with Gasteiger partial charge >= 0.3 is 12.0 Å². The molecule has 3 aromatic rings. The van der Waals surface area contributed by atoms with E-state index in [1.54, 1.807) is 18.0 Å². The zero-order valence-electron chi connectivity index (χ0n) is 19.2. The third-order valence-corrected chi connectivity index (χ3v) is 5.68. The number of carbonyl (C=O) groups is 2. The van der Waals surface area contributed by atoms with Crippen LogP contribution < -0.4 is 5.32 Å². The lowest BCUT2D eigenvalue weighted by atomic mass is 10.2. The molecule has 3 heterocycles. The summed E-state index contributed by atoms with van der Waals surface area (Å²) in [4.78, 5) is 37.4. The van der Waals surface area contributed by atoms with Crippen LogP contribution in [0.4, 0.5) is 4.79 Å². The Morgan fingerprint density at radius 1 is 1.12 bits per heavy atom. The summed E-state index contributed by atoms with van der Waals surface area (Å²) in [5.41, 5.74) is 3.94. The topological polar surface area (TPSA) is 92.6 Å². The number of carbonyl (C=O) groups excluding carboxylic acids is 2. The van der Waals surface area contributed by atoms with Gasteiger partial charge in [-0.3, -0.25) is 14.3 Å². The molecule has 4 rings (SSSR count). The number of imidazole rings is 1. The van der Waals surface area contributed by atoms with Crippen molar-refractivity contribution < 1.29 is 14.3 Å². The summed E-state index contributed by atoms with van der Waals surface area (Å²) < 4.78 is 7.01. The minimum atomic E-state index is -0.298. The molecule has 33 heavy (non-hydrogen) atoms. The first kappa shape index (κ1) is 22.7. The number of aromatic nitrogens is 3. The highest BCUT2D eigenvalue weighted by Crippen LogP contribution is 2.22. The van der Waals surface area contributed by atoms with Crippen LogP contribution in [0.1, 0.15) is 24.7 Å². The third-order valence-electron chi connectivity index (χ3n) is 5.68. The highest BCUT2D eigenvalue weighted by atomic mass is 16.5. The molecule has 1 N–H and O–H groups in total. The zero-order chi connectivity index (χ0) is 23.2. The second-order valence-electron chi connectivity index (χ2n) is 8.10. The Hall–Kier alpha value is -3.46. The van der Waals surface area contributed by atoms with E-state index in [2.05, 4.69) is 44.9 Å². The average Bonchev–Trinajstić information content (AvgIpc) is 3.17. The van der Waals surface area contributed by atoms with Gasteiger partial charge in [0.2, 0.25) is 0 Å². The van der Waals surface area contributed by atoms with E-state index in [4.69, 9.17) is 9.72 Å². The smallest absolute Gasteiger partial charge is 0.317 e. The Kier molecular flexibility index (Phi) is 7.19. The summed E-state index contributed by atoms with van der Waals surface area (Å²) in [6, 6.07) is 12.1. The molecule has 1 aliphatic rings.